The molecular formula is C11H17NO. The fourth-order valence-corrected chi connectivity index (χ4v) is 1.03. The monoisotopic (exact) mass is 179 g/mol. The summed E-state index contributed by atoms with van der Waals surface area (Å²) in [5.41, 5.74) is 0. The van der Waals surface area contributed by atoms with Gasteiger partial charge in [0.15, 0.2) is 0 Å². The predicted octanol–water partition coefficient (Wildman–Crippen LogP) is 2.06. The molecule has 1 amide bonds. The van der Waals surface area contributed by atoms with Crippen LogP contribution in [0, 0.1) is 5.92 Å². The zero-order valence-electron chi connectivity index (χ0n) is 7.96. The maximum atomic E-state index is 11.4. The van der Waals surface area contributed by atoms with E-state index in [1.165, 1.54) is 0 Å². The van der Waals surface area contributed by atoms with Gasteiger partial charge in [0.2, 0.25) is 5.91 Å². The average Bonchev–Trinajstić information content (AvgIpc) is 2.14. The number of rotatable bonds is 7. The van der Waals surface area contributed by atoms with E-state index in [0.717, 1.165) is 0 Å². The van der Waals surface area contributed by atoms with Crippen LogP contribution in [0.2, 0.25) is 0 Å². The summed E-state index contributed by atoms with van der Waals surface area (Å²) in [5.74, 6) is 0.00894. The van der Waals surface area contributed by atoms with E-state index in [9.17, 15) is 4.79 Å². The third-order valence-corrected chi connectivity index (χ3v) is 1.69. The van der Waals surface area contributed by atoms with Crippen LogP contribution in [0.15, 0.2) is 38.0 Å². The van der Waals surface area contributed by atoms with Crippen molar-refractivity contribution in [1.82, 2.24) is 5.32 Å². The molecular weight excluding hydrogens is 162 g/mol. The summed E-state index contributed by atoms with van der Waals surface area (Å²) in [6.07, 6.45) is 6.55. The topological polar surface area (TPSA) is 29.1 Å². The molecule has 0 heterocycles. The molecule has 0 aromatic heterocycles. The number of hydrogen-bond donors (Lipinski definition) is 1. The highest BCUT2D eigenvalue weighted by Gasteiger charge is 2.13. The molecule has 0 spiro atoms. The molecule has 0 rings (SSSR count). The van der Waals surface area contributed by atoms with Crippen molar-refractivity contribution < 1.29 is 4.79 Å². The van der Waals surface area contributed by atoms with Crippen LogP contribution in [-0.2, 0) is 4.79 Å². The summed E-state index contributed by atoms with van der Waals surface area (Å²) < 4.78 is 0. The Labute approximate surface area is 80.0 Å². The van der Waals surface area contributed by atoms with E-state index in [1.54, 1.807) is 18.2 Å². The van der Waals surface area contributed by atoms with Crippen LogP contribution in [0.4, 0.5) is 0 Å². The first kappa shape index (κ1) is 11.7. The van der Waals surface area contributed by atoms with Crippen LogP contribution < -0.4 is 5.32 Å². The van der Waals surface area contributed by atoms with Gasteiger partial charge in [-0.05, 0) is 12.8 Å². The van der Waals surface area contributed by atoms with Gasteiger partial charge < -0.3 is 5.32 Å². The van der Waals surface area contributed by atoms with E-state index in [2.05, 4.69) is 25.1 Å². The minimum atomic E-state index is -0.0325. The van der Waals surface area contributed by atoms with Crippen molar-refractivity contribution in [2.24, 2.45) is 5.92 Å². The van der Waals surface area contributed by atoms with Crippen molar-refractivity contribution in [3.8, 4) is 0 Å². The first-order valence-corrected chi connectivity index (χ1v) is 4.36. The van der Waals surface area contributed by atoms with E-state index in [0.29, 0.717) is 19.4 Å². The van der Waals surface area contributed by atoms with E-state index >= 15 is 0 Å². The van der Waals surface area contributed by atoms with E-state index < -0.39 is 0 Å². The Morgan fingerprint density at radius 3 is 2.08 bits per heavy atom. The van der Waals surface area contributed by atoms with Gasteiger partial charge in [0.05, 0.1) is 0 Å². The highest BCUT2D eigenvalue weighted by molar-refractivity contribution is 5.79. The average molecular weight is 179 g/mol. The van der Waals surface area contributed by atoms with Crippen LogP contribution in [0.5, 0.6) is 0 Å². The predicted molar refractivity (Wildman–Crippen MR) is 56.3 cm³/mol. The highest BCUT2D eigenvalue weighted by Crippen LogP contribution is 2.09. The quantitative estimate of drug-likeness (QED) is 0.595. The second-order valence-electron chi connectivity index (χ2n) is 2.78. The van der Waals surface area contributed by atoms with Crippen molar-refractivity contribution >= 4 is 5.91 Å². The minimum Gasteiger partial charge on any atom is -0.352 e. The van der Waals surface area contributed by atoms with Gasteiger partial charge in [0.1, 0.15) is 0 Å². The van der Waals surface area contributed by atoms with Gasteiger partial charge in [-0.2, -0.15) is 0 Å². The lowest BCUT2D eigenvalue weighted by molar-refractivity contribution is -0.124. The Balaban J connectivity index is 4.00. The molecule has 1 N–H and O–H groups in total. The van der Waals surface area contributed by atoms with E-state index in [4.69, 9.17) is 0 Å². The number of amides is 1. The summed E-state index contributed by atoms with van der Waals surface area (Å²) in [6.45, 7) is 11.3. The first-order chi connectivity index (χ1) is 6.26. The molecule has 2 nitrogen and oxygen atoms in total. The van der Waals surface area contributed by atoms with Crippen molar-refractivity contribution in [2.75, 3.05) is 6.54 Å². The molecule has 0 unspecified atom stereocenters. The second-order valence-corrected chi connectivity index (χ2v) is 2.78. The maximum Gasteiger partial charge on any atom is 0.223 e. The zero-order chi connectivity index (χ0) is 10.1. The summed E-state index contributed by atoms with van der Waals surface area (Å²) in [5, 5.41) is 2.75. The Morgan fingerprint density at radius 1 is 1.15 bits per heavy atom. The van der Waals surface area contributed by atoms with Crippen molar-refractivity contribution in [1.29, 1.82) is 0 Å². The fraction of sp³-hybridized carbons (Fsp3) is 0.364. The summed E-state index contributed by atoms with van der Waals surface area (Å²) >= 11 is 0. The van der Waals surface area contributed by atoms with Gasteiger partial charge in [-0.25, -0.2) is 0 Å². The lowest BCUT2D eigenvalue weighted by Crippen LogP contribution is -2.30. The molecule has 0 radical (unpaired) electrons. The third-order valence-electron chi connectivity index (χ3n) is 1.69. The molecule has 2 heteroatoms. The molecule has 0 saturated carbocycles. The van der Waals surface area contributed by atoms with Gasteiger partial charge in [-0.15, -0.1) is 19.7 Å². The Bertz CT molecular complexity index is 186. The summed E-state index contributed by atoms with van der Waals surface area (Å²) in [4.78, 5) is 11.4. The number of carbonyl (C=O) groups excluding carboxylic acids is 1. The molecule has 0 aromatic rings. The summed E-state index contributed by atoms with van der Waals surface area (Å²) in [6, 6.07) is 0. The van der Waals surface area contributed by atoms with Crippen LogP contribution in [0.1, 0.15) is 12.8 Å². The van der Waals surface area contributed by atoms with Crippen LogP contribution in [0.3, 0.4) is 0 Å². The number of carbonyl (C=O) groups is 1. The Kier molecular flexibility index (Phi) is 6.60. The van der Waals surface area contributed by atoms with Gasteiger partial charge in [-0.3, -0.25) is 4.79 Å². The molecule has 0 bridgehead atoms. The molecule has 0 aromatic carbocycles. The fourth-order valence-electron chi connectivity index (χ4n) is 1.03. The molecule has 0 aliphatic carbocycles. The Morgan fingerprint density at radius 2 is 1.69 bits per heavy atom. The lowest BCUT2D eigenvalue weighted by atomic mass is 10.0. The molecule has 0 fully saturated rings. The summed E-state index contributed by atoms with van der Waals surface area (Å²) in [7, 11) is 0. The smallest absolute Gasteiger partial charge is 0.223 e. The van der Waals surface area contributed by atoms with Gasteiger partial charge in [0, 0.05) is 12.5 Å². The first-order valence-electron chi connectivity index (χ1n) is 4.36. The Hall–Kier alpha value is -1.31. The standard InChI is InChI=1S/C11H17NO/c1-4-7-10(8-5-2)11(13)12-9-6-3/h4-6,10H,1-3,7-9H2,(H,12,13). The largest absolute Gasteiger partial charge is 0.352 e. The number of nitrogens with one attached hydrogen (secondary N) is 1. The lowest BCUT2D eigenvalue weighted by Gasteiger charge is -2.11. The minimum absolute atomic E-state index is 0.0325. The van der Waals surface area contributed by atoms with Crippen molar-refractivity contribution in [3.05, 3.63) is 38.0 Å². The van der Waals surface area contributed by atoms with Crippen LogP contribution in [0.25, 0.3) is 0 Å². The van der Waals surface area contributed by atoms with Gasteiger partial charge in [0.25, 0.3) is 0 Å². The molecule has 72 valence electrons. The zero-order valence-corrected chi connectivity index (χ0v) is 7.96. The third kappa shape index (κ3) is 5.01. The van der Waals surface area contributed by atoms with Crippen LogP contribution in [-0.4, -0.2) is 12.5 Å². The van der Waals surface area contributed by atoms with Gasteiger partial charge in [-0.1, -0.05) is 18.2 Å². The van der Waals surface area contributed by atoms with E-state index in [-0.39, 0.29) is 11.8 Å². The highest BCUT2D eigenvalue weighted by atomic mass is 16.1. The number of hydrogen-bond acceptors (Lipinski definition) is 1. The molecule has 0 aliphatic rings. The SMILES string of the molecule is C=CCNC(=O)C(CC=C)CC=C. The molecule has 0 saturated heterocycles. The van der Waals surface area contributed by atoms with Crippen LogP contribution >= 0.6 is 0 Å². The van der Waals surface area contributed by atoms with Crippen molar-refractivity contribution in [2.45, 2.75) is 12.8 Å². The second kappa shape index (κ2) is 7.35. The maximum absolute atomic E-state index is 11.4. The van der Waals surface area contributed by atoms with E-state index in [1.807, 2.05) is 0 Å². The molecule has 0 aliphatic heterocycles. The number of allylic oxidation sites excluding steroid dienone is 2. The van der Waals surface area contributed by atoms with Crippen molar-refractivity contribution in [3.63, 3.8) is 0 Å². The molecule has 13 heavy (non-hydrogen) atoms. The van der Waals surface area contributed by atoms with Gasteiger partial charge >= 0.3 is 0 Å². The molecule has 0 atom stereocenters. The normalized spacial score (nSPS) is 9.31.